The van der Waals surface area contributed by atoms with Crippen LogP contribution in [0.4, 0.5) is 0 Å². The molecule has 0 bridgehead atoms. The van der Waals surface area contributed by atoms with Crippen molar-refractivity contribution in [3.8, 4) is 6.07 Å². The number of carbonyl (C=O) groups is 2. The van der Waals surface area contributed by atoms with E-state index >= 15 is 0 Å². The number of carbonyl (C=O) groups excluding carboxylic acids is 2. The molecular weight excluding hydrogens is 648 g/mol. The van der Waals surface area contributed by atoms with Crippen molar-refractivity contribution >= 4 is 43.7 Å². The number of ether oxygens (including phenoxy) is 1. The van der Waals surface area contributed by atoms with Gasteiger partial charge in [0.15, 0.2) is 6.23 Å². The molecule has 0 spiro atoms. The van der Waals surface area contributed by atoms with E-state index in [1.165, 1.54) is 4.90 Å². The summed E-state index contributed by atoms with van der Waals surface area (Å²) in [6.45, 7) is 4.64. The quantitative estimate of drug-likeness (QED) is 0.252. The van der Waals surface area contributed by atoms with Gasteiger partial charge in [0.05, 0.1) is 11.6 Å². The molecule has 0 radical (unpaired) electrons. The van der Waals surface area contributed by atoms with Crippen molar-refractivity contribution in [1.29, 1.82) is 5.26 Å². The maximum absolute atomic E-state index is 13.5. The van der Waals surface area contributed by atoms with Crippen LogP contribution in [-0.2, 0) is 9.53 Å². The summed E-state index contributed by atoms with van der Waals surface area (Å²) < 4.78 is 8.06. The Morgan fingerprint density at radius 1 is 1.17 bits per heavy atom. The highest BCUT2D eigenvalue weighted by Crippen LogP contribution is 2.58. The number of aliphatic hydroxyl groups is 1. The minimum absolute atomic E-state index is 0.0631. The summed E-state index contributed by atoms with van der Waals surface area (Å²) in [6, 6.07) is 16.8. The Kier molecular flexibility index (Phi) is 8.89. The Morgan fingerprint density at radius 2 is 1.83 bits per heavy atom. The van der Waals surface area contributed by atoms with E-state index in [-0.39, 0.29) is 29.6 Å². The monoisotopic (exact) mass is 680 g/mol. The molecule has 1 N–H and O–H groups in total. The molecule has 6 atom stereocenters. The summed E-state index contributed by atoms with van der Waals surface area (Å²) in [6.07, 6.45) is 5.73. The number of aliphatic hydroxyl groups excluding tert-OH is 1. The lowest BCUT2D eigenvalue weighted by Crippen LogP contribution is -2.51. The van der Waals surface area contributed by atoms with Gasteiger partial charge in [-0.15, -0.1) is 0 Å². The molecule has 5 rings (SSSR count). The van der Waals surface area contributed by atoms with Crippen LogP contribution in [0, 0.1) is 34.5 Å². The highest BCUT2D eigenvalue weighted by atomic mass is 79.9. The lowest BCUT2D eigenvalue weighted by Gasteiger charge is -2.54. The molecule has 0 aromatic heterocycles. The van der Waals surface area contributed by atoms with Crippen LogP contribution in [0.5, 0.6) is 0 Å². The number of fused-ring (bicyclic) bond motifs is 3. The molecule has 2 aromatic carbocycles. The number of hydrogen-bond donors (Lipinski definition) is 1. The molecule has 3 aliphatic rings. The van der Waals surface area contributed by atoms with Crippen LogP contribution in [0.15, 0.2) is 80.8 Å². The van der Waals surface area contributed by atoms with Gasteiger partial charge in [0, 0.05) is 39.5 Å². The Morgan fingerprint density at radius 3 is 2.49 bits per heavy atom. The summed E-state index contributed by atoms with van der Waals surface area (Å²) >= 11 is 6.85. The zero-order valence-electron chi connectivity index (χ0n) is 23.2. The molecule has 6 nitrogen and oxygen atoms in total. The van der Waals surface area contributed by atoms with Crippen molar-refractivity contribution in [3.63, 3.8) is 0 Å². The van der Waals surface area contributed by atoms with Crippen LogP contribution in [0.25, 0.3) is 0 Å². The first kappa shape index (κ1) is 29.8. The third-order valence-electron chi connectivity index (χ3n) is 9.37. The average Bonchev–Trinajstić information content (AvgIpc) is 3.08. The Bertz CT molecular complexity index is 1410. The van der Waals surface area contributed by atoms with Gasteiger partial charge in [-0.05, 0) is 92.3 Å². The molecule has 2 aliphatic carbocycles. The lowest BCUT2D eigenvalue weighted by atomic mass is 9.51. The van der Waals surface area contributed by atoms with E-state index in [9.17, 15) is 20.0 Å². The first-order chi connectivity index (χ1) is 19.6. The Balaban J connectivity index is 1.49. The number of hydrogen-bond acceptors (Lipinski definition) is 5. The summed E-state index contributed by atoms with van der Waals surface area (Å²) in [5, 5.41) is 20.6. The van der Waals surface area contributed by atoms with Crippen LogP contribution in [0.3, 0.4) is 0 Å². The van der Waals surface area contributed by atoms with Crippen LogP contribution in [-0.4, -0.2) is 34.5 Å². The molecule has 8 heteroatoms. The van der Waals surface area contributed by atoms with Gasteiger partial charge in [0.25, 0.3) is 0 Å². The summed E-state index contributed by atoms with van der Waals surface area (Å²) in [7, 11) is 0. The van der Waals surface area contributed by atoms with Gasteiger partial charge in [-0.25, -0.2) is 4.79 Å². The van der Waals surface area contributed by atoms with Crippen molar-refractivity contribution in [2.75, 3.05) is 6.54 Å². The summed E-state index contributed by atoms with van der Waals surface area (Å²) in [5.41, 5.74) is 2.91. The molecule has 0 saturated heterocycles. The Hall–Kier alpha value is -2.73. The van der Waals surface area contributed by atoms with Gasteiger partial charge >= 0.3 is 5.97 Å². The predicted octanol–water partition coefficient (Wildman–Crippen LogP) is 7.50. The molecular formula is C33H34Br2N2O4. The number of amides is 1. The maximum Gasteiger partial charge on any atom is 0.338 e. The second kappa shape index (κ2) is 12.2. The van der Waals surface area contributed by atoms with Crippen LogP contribution in [0.1, 0.15) is 68.1 Å². The van der Waals surface area contributed by atoms with E-state index in [0.29, 0.717) is 30.5 Å². The number of nitrogens with zero attached hydrogens (tertiary/aromatic N) is 2. The minimum Gasteiger partial charge on any atom is -0.454 e. The molecule has 6 unspecified atom stereocenters. The highest BCUT2D eigenvalue weighted by molar-refractivity contribution is 9.10. The van der Waals surface area contributed by atoms with Crippen molar-refractivity contribution in [1.82, 2.24) is 4.90 Å². The van der Waals surface area contributed by atoms with E-state index in [0.717, 1.165) is 39.4 Å². The first-order valence-corrected chi connectivity index (χ1v) is 15.7. The number of rotatable bonds is 6. The molecule has 1 heterocycles. The second-order valence-electron chi connectivity index (χ2n) is 11.6. The SMILES string of the molecule is CC1=CC(OC(=O)c2ccc(Br)cc2)C2C(CCC3=CC(=O)N(C(O)c4ccc(Br)cc4)CCC32C)C1CCC#N. The van der Waals surface area contributed by atoms with Gasteiger partial charge in [-0.3, -0.25) is 4.79 Å². The van der Waals surface area contributed by atoms with Crippen LogP contribution < -0.4 is 0 Å². The Labute approximate surface area is 258 Å². The number of benzene rings is 2. The molecule has 41 heavy (non-hydrogen) atoms. The number of allylic oxidation sites excluding steroid dienone is 2. The number of halogens is 2. The van der Waals surface area contributed by atoms with E-state index in [4.69, 9.17) is 4.74 Å². The third-order valence-corrected chi connectivity index (χ3v) is 10.4. The summed E-state index contributed by atoms with van der Waals surface area (Å²) in [4.78, 5) is 28.4. The smallest absolute Gasteiger partial charge is 0.338 e. The van der Waals surface area contributed by atoms with E-state index < -0.39 is 17.7 Å². The zero-order valence-corrected chi connectivity index (χ0v) is 26.4. The van der Waals surface area contributed by atoms with Crippen molar-refractivity contribution in [2.45, 2.75) is 58.3 Å². The molecule has 1 amide bonds. The molecule has 1 saturated carbocycles. The van der Waals surface area contributed by atoms with E-state index in [1.54, 1.807) is 18.2 Å². The largest absolute Gasteiger partial charge is 0.454 e. The molecule has 1 aliphatic heterocycles. The van der Waals surface area contributed by atoms with Crippen molar-refractivity contribution in [3.05, 3.63) is 91.9 Å². The first-order valence-electron chi connectivity index (χ1n) is 14.1. The number of nitriles is 1. The fourth-order valence-electron chi connectivity index (χ4n) is 7.22. The van der Waals surface area contributed by atoms with Gasteiger partial charge in [0.2, 0.25) is 5.91 Å². The standard InChI is InChI=1S/C33H34Br2N2O4/c1-20-18-28(41-32(40)22-7-12-25(35)13-8-22)30-27(26(20)4-3-16-36)14-9-23-19-29(38)37(17-15-33(23,30)2)31(39)21-5-10-24(34)11-6-21/h5-8,10-13,18-19,26-28,30-31,39H,3-4,9,14-15,17H2,1-2H3. The second-order valence-corrected chi connectivity index (χ2v) is 13.4. The van der Waals surface area contributed by atoms with Gasteiger partial charge < -0.3 is 14.7 Å². The lowest BCUT2D eigenvalue weighted by molar-refractivity contribution is -0.136. The van der Waals surface area contributed by atoms with Crippen LogP contribution >= 0.6 is 31.9 Å². The predicted molar refractivity (Wildman–Crippen MR) is 163 cm³/mol. The van der Waals surface area contributed by atoms with Gasteiger partial charge in [-0.1, -0.05) is 62.1 Å². The van der Waals surface area contributed by atoms with E-state index in [1.807, 2.05) is 36.4 Å². The van der Waals surface area contributed by atoms with E-state index in [2.05, 4.69) is 57.9 Å². The topological polar surface area (TPSA) is 90.6 Å². The van der Waals surface area contributed by atoms with Crippen molar-refractivity contribution in [2.24, 2.45) is 23.2 Å². The normalized spacial score (nSPS) is 28.3. The number of esters is 1. The highest BCUT2D eigenvalue weighted by Gasteiger charge is 2.54. The average molecular weight is 682 g/mol. The van der Waals surface area contributed by atoms with Crippen molar-refractivity contribution < 1.29 is 19.4 Å². The molecule has 1 fully saturated rings. The summed E-state index contributed by atoms with van der Waals surface area (Å²) in [5.74, 6) is -0.228. The molecule has 214 valence electrons. The maximum atomic E-state index is 13.5. The molecule has 2 aromatic rings. The minimum atomic E-state index is -1.06. The zero-order chi connectivity index (χ0) is 29.3. The fourth-order valence-corrected chi connectivity index (χ4v) is 7.75. The van der Waals surface area contributed by atoms with Gasteiger partial charge in [0.1, 0.15) is 6.10 Å². The van der Waals surface area contributed by atoms with Gasteiger partial charge in [-0.2, -0.15) is 5.26 Å². The van der Waals surface area contributed by atoms with Crippen LogP contribution in [0.2, 0.25) is 0 Å². The fraction of sp³-hybridized carbons (Fsp3) is 0.424. The third kappa shape index (κ3) is 5.95.